The maximum atomic E-state index is 13.7. The van der Waals surface area contributed by atoms with E-state index in [1.54, 1.807) is 13.8 Å². The molecule has 84 valence electrons. The standard InChI is InChI=1S/C11H14BrF2N/c1-6(3-4-15)9-10(13)7(2)5-8(12)11(9)14/h5-6H,3-4,15H2,1-2H3. The Labute approximate surface area is 96.8 Å². The summed E-state index contributed by atoms with van der Waals surface area (Å²) in [4.78, 5) is 0. The number of halogens is 3. The molecule has 0 aromatic heterocycles. The second-order valence-corrected chi connectivity index (χ2v) is 4.55. The Morgan fingerprint density at radius 1 is 1.40 bits per heavy atom. The number of hydrogen-bond acceptors (Lipinski definition) is 1. The second kappa shape index (κ2) is 5.03. The van der Waals surface area contributed by atoms with Crippen LogP contribution in [0.25, 0.3) is 0 Å². The lowest BCUT2D eigenvalue weighted by Crippen LogP contribution is -2.09. The molecule has 1 unspecified atom stereocenters. The fourth-order valence-electron chi connectivity index (χ4n) is 1.58. The van der Waals surface area contributed by atoms with Crippen LogP contribution >= 0.6 is 15.9 Å². The van der Waals surface area contributed by atoms with E-state index in [4.69, 9.17) is 5.73 Å². The third-order valence-corrected chi connectivity index (χ3v) is 3.04. The van der Waals surface area contributed by atoms with Gasteiger partial charge in [-0.2, -0.15) is 0 Å². The van der Waals surface area contributed by atoms with Crippen molar-refractivity contribution in [3.63, 3.8) is 0 Å². The molecule has 0 spiro atoms. The van der Waals surface area contributed by atoms with Crippen LogP contribution in [0.15, 0.2) is 10.5 Å². The van der Waals surface area contributed by atoms with Crippen molar-refractivity contribution >= 4 is 15.9 Å². The van der Waals surface area contributed by atoms with Crippen molar-refractivity contribution in [3.05, 3.63) is 33.3 Å². The number of aryl methyl sites for hydroxylation is 1. The molecular weight excluding hydrogens is 264 g/mol. The molecule has 0 amide bonds. The highest BCUT2D eigenvalue weighted by atomic mass is 79.9. The predicted molar refractivity (Wildman–Crippen MR) is 60.9 cm³/mol. The van der Waals surface area contributed by atoms with Gasteiger partial charge in [0.05, 0.1) is 4.47 Å². The van der Waals surface area contributed by atoms with Crippen molar-refractivity contribution in [3.8, 4) is 0 Å². The van der Waals surface area contributed by atoms with Gasteiger partial charge in [-0.15, -0.1) is 0 Å². The Hall–Kier alpha value is -0.480. The summed E-state index contributed by atoms with van der Waals surface area (Å²) >= 11 is 3.08. The maximum absolute atomic E-state index is 13.7. The third-order valence-electron chi connectivity index (χ3n) is 2.46. The number of nitrogens with two attached hydrogens (primary N) is 1. The Morgan fingerprint density at radius 3 is 2.53 bits per heavy atom. The Morgan fingerprint density at radius 2 is 2.00 bits per heavy atom. The zero-order valence-corrected chi connectivity index (χ0v) is 10.4. The molecule has 1 aromatic carbocycles. The highest BCUT2D eigenvalue weighted by Crippen LogP contribution is 2.31. The van der Waals surface area contributed by atoms with Gasteiger partial charge < -0.3 is 5.73 Å². The van der Waals surface area contributed by atoms with E-state index in [1.807, 2.05) is 0 Å². The molecule has 1 aromatic rings. The molecular formula is C11H14BrF2N. The van der Waals surface area contributed by atoms with Gasteiger partial charge in [0, 0.05) is 5.56 Å². The molecule has 15 heavy (non-hydrogen) atoms. The van der Waals surface area contributed by atoms with E-state index in [1.165, 1.54) is 6.07 Å². The minimum absolute atomic E-state index is 0.132. The predicted octanol–water partition coefficient (Wildman–Crippen LogP) is 3.49. The van der Waals surface area contributed by atoms with Crippen molar-refractivity contribution in [2.45, 2.75) is 26.2 Å². The van der Waals surface area contributed by atoms with E-state index in [0.717, 1.165) is 0 Å². The van der Waals surface area contributed by atoms with Crippen molar-refractivity contribution < 1.29 is 8.78 Å². The molecule has 0 saturated carbocycles. The largest absolute Gasteiger partial charge is 0.330 e. The summed E-state index contributed by atoms with van der Waals surface area (Å²) in [5, 5.41) is 0. The zero-order valence-electron chi connectivity index (χ0n) is 8.78. The molecule has 0 radical (unpaired) electrons. The van der Waals surface area contributed by atoms with Gasteiger partial charge in [0.2, 0.25) is 0 Å². The summed E-state index contributed by atoms with van der Waals surface area (Å²) in [6, 6.07) is 1.45. The van der Waals surface area contributed by atoms with Gasteiger partial charge in [-0.3, -0.25) is 0 Å². The van der Waals surface area contributed by atoms with Crippen LogP contribution in [0, 0.1) is 18.6 Å². The normalized spacial score (nSPS) is 12.9. The molecule has 0 aliphatic heterocycles. The number of hydrogen-bond donors (Lipinski definition) is 1. The summed E-state index contributed by atoms with van der Waals surface area (Å²) < 4.78 is 27.7. The average Bonchev–Trinajstić information content (AvgIpc) is 2.16. The fraction of sp³-hybridized carbons (Fsp3) is 0.455. The zero-order chi connectivity index (χ0) is 11.6. The molecule has 0 bridgehead atoms. The minimum Gasteiger partial charge on any atom is -0.330 e. The van der Waals surface area contributed by atoms with Gasteiger partial charge >= 0.3 is 0 Å². The van der Waals surface area contributed by atoms with Gasteiger partial charge in [0.1, 0.15) is 11.6 Å². The van der Waals surface area contributed by atoms with E-state index in [2.05, 4.69) is 15.9 Å². The lowest BCUT2D eigenvalue weighted by atomic mass is 9.95. The Balaban J connectivity index is 3.26. The molecule has 0 fully saturated rings. The van der Waals surface area contributed by atoms with E-state index in [9.17, 15) is 8.78 Å². The van der Waals surface area contributed by atoms with Gasteiger partial charge in [-0.05, 0) is 53.4 Å². The Kier molecular flexibility index (Phi) is 4.22. The fourth-order valence-corrected chi connectivity index (χ4v) is 2.14. The summed E-state index contributed by atoms with van der Waals surface area (Å²) in [6.45, 7) is 3.82. The molecule has 0 saturated heterocycles. The summed E-state index contributed by atoms with van der Waals surface area (Å²) in [5.41, 5.74) is 5.96. The van der Waals surface area contributed by atoms with E-state index >= 15 is 0 Å². The summed E-state index contributed by atoms with van der Waals surface area (Å²) in [6.07, 6.45) is 0.573. The summed E-state index contributed by atoms with van der Waals surface area (Å²) in [7, 11) is 0. The van der Waals surface area contributed by atoms with Gasteiger partial charge in [-0.1, -0.05) is 6.92 Å². The van der Waals surface area contributed by atoms with Crippen LogP contribution in [-0.2, 0) is 0 Å². The first kappa shape index (κ1) is 12.6. The first-order chi connectivity index (χ1) is 6.99. The molecule has 1 atom stereocenters. The second-order valence-electron chi connectivity index (χ2n) is 3.70. The van der Waals surface area contributed by atoms with Crippen molar-refractivity contribution in [2.24, 2.45) is 5.73 Å². The highest BCUT2D eigenvalue weighted by molar-refractivity contribution is 9.10. The Bertz CT molecular complexity index is 340. The van der Waals surface area contributed by atoms with Crippen molar-refractivity contribution in [2.75, 3.05) is 6.54 Å². The van der Waals surface area contributed by atoms with Crippen LogP contribution in [0.2, 0.25) is 0 Å². The highest BCUT2D eigenvalue weighted by Gasteiger charge is 2.19. The molecule has 2 N–H and O–H groups in total. The average molecular weight is 278 g/mol. The SMILES string of the molecule is Cc1cc(Br)c(F)c(C(C)CCN)c1F. The first-order valence-corrected chi connectivity index (χ1v) is 5.62. The maximum Gasteiger partial charge on any atom is 0.143 e. The number of benzene rings is 1. The molecule has 1 nitrogen and oxygen atoms in total. The van der Waals surface area contributed by atoms with Crippen molar-refractivity contribution in [1.82, 2.24) is 0 Å². The monoisotopic (exact) mass is 277 g/mol. The third kappa shape index (κ3) is 2.55. The quantitative estimate of drug-likeness (QED) is 0.841. The van der Waals surface area contributed by atoms with E-state index < -0.39 is 11.6 Å². The summed E-state index contributed by atoms with van der Waals surface area (Å²) in [5.74, 6) is -1.18. The van der Waals surface area contributed by atoms with Gasteiger partial charge in [-0.25, -0.2) is 8.78 Å². The van der Waals surface area contributed by atoms with Gasteiger partial charge in [0.15, 0.2) is 0 Å². The molecule has 0 aliphatic rings. The van der Waals surface area contributed by atoms with Crippen LogP contribution in [0.3, 0.4) is 0 Å². The van der Waals surface area contributed by atoms with E-state index in [-0.39, 0.29) is 11.5 Å². The van der Waals surface area contributed by atoms with Gasteiger partial charge in [0.25, 0.3) is 0 Å². The minimum atomic E-state index is -0.515. The van der Waals surface area contributed by atoms with Crippen LogP contribution in [0.5, 0.6) is 0 Å². The van der Waals surface area contributed by atoms with E-state index in [0.29, 0.717) is 23.0 Å². The van der Waals surface area contributed by atoms with Crippen molar-refractivity contribution in [1.29, 1.82) is 0 Å². The van der Waals surface area contributed by atoms with Crippen LogP contribution in [-0.4, -0.2) is 6.54 Å². The first-order valence-electron chi connectivity index (χ1n) is 4.83. The van der Waals surface area contributed by atoms with Crippen LogP contribution in [0.1, 0.15) is 30.4 Å². The molecule has 4 heteroatoms. The number of rotatable bonds is 3. The smallest absolute Gasteiger partial charge is 0.143 e. The molecule has 1 rings (SSSR count). The lowest BCUT2D eigenvalue weighted by Gasteiger charge is -2.15. The van der Waals surface area contributed by atoms with Crippen LogP contribution in [0.4, 0.5) is 8.78 Å². The lowest BCUT2D eigenvalue weighted by molar-refractivity contribution is 0.515. The topological polar surface area (TPSA) is 26.0 Å². The molecule has 0 aliphatic carbocycles. The van der Waals surface area contributed by atoms with Crippen LogP contribution < -0.4 is 5.73 Å². The molecule has 0 heterocycles.